The van der Waals surface area contributed by atoms with Crippen LogP contribution < -0.4 is 4.74 Å². The molecule has 1 heterocycles. The number of fused-ring (bicyclic) bond motifs is 1. The van der Waals surface area contributed by atoms with Crippen molar-refractivity contribution in [2.24, 2.45) is 7.05 Å². The maximum Gasteiger partial charge on any atom is 0.243 e. The van der Waals surface area contributed by atoms with Crippen LogP contribution in [0.1, 0.15) is 0 Å². The van der Waals surface area contributed by atoms with Gasteiger partial charge in [-0.1, -0.05) is 6.07 Å². The molecule has 4 heteroatoms. The van der Waals surface area contributed by atoms with Gasteiger partial charge in [-0.2, -0.15) is 0 Å². The van der Waals surface area contributed by atoms with E-state index in [0.717, 1.165) is 5.52 Å². The summed E-state index contributed by atoms with van der Waals surface area (Å²) in [4.78, 5) is 0. The first kappa shape index (κ1) is 8.04. The van der Waals surface area contributed by atoms with E-state index >= 15 is 0 Å². The molecule has 0 spiro atoms. The molecule has 0 atom stereocenters. The lowest BCUT2D eigenvalue weighted by molar-refractivity contribution is 0.394. The number of ether oxygens (including phenoxy) is 1. The number of hydrogen-bond acceptors (Lipinski definition) is 2. The van der Waals surface area contributed by atoms with Gasteiger partial charge in [0.2, 0.25) is 5.88 Å². The molecule has 1 aromatic carbocycles. The molecule has 0 unspecified atom stereocenters. The molecule has 0 fully saturated rings. The lowest BCUT2D eigenvalue weighted by Gasteiger charge is -1.94. The smallest absolute Gasteiger partial charge is 0.243 e. The summed E-state index contributed by atoms with van der Waals surface area (Å²) in [6.45, 7) is 0. The van der Waals surface area contributed by atoms with Crippen molar-refractivity contribution in [1.29, 1.82) is 0 Å². The first-order valence-electron chi connectivity index (χ1n) is 3.89. The van der Waals surface area contributed by atoms with Crippen molar-refractivity contribution in [2.45, 2.75) is 0 Å². The number of halogens is 1. The van der Waals surface area contributed by atoms with Crippen molar-refractivity contribution in [1.82, 2.24) is 9.78 Å². The van der Waals surface area contributed by atoms with Crippen LogP contribution in [0.15, 0.2) is 18.2 Å². The minimum absolute atomic E-state index is 0.303. The van der Waals surface area contributed by atoms with Crippen LogP contribution in [0.5, 0.6) is 5.88 Å². The van der Waals surface area contributed by atoms with Crippen molar-refractivity contribution in [3.05, 3.63) is 24.0 Å². The summed E-state index contributed by atoms with van der Waals surface area (Å²) in [6, 6.07) is 4.85. The van der Waals surface area contributed by atoms with Crippen molar-refractivity contribution < 1.29 is 9.13 Å². The second kappa shape index (κ2) is 2.73. The van der Waals surface area contributed by atoms with Gasteiger partial charge in [-0.05, 0) is 12.1 Å². The van der Waals surface area contributed by atoms with E-state index in [1.807, 2.05) is 0 Å². The molecule has 0 amide bonds. The largest absolute Gasteiger partial charge is 0.479 e. The van der Waals surface area contributed by atoms with Crippen LogP contribution in [0.2, 0.25) is 0 Å². The highest BCUT2D eigenvalue weighted by Crippen LogP contribution is 2.26. The van der Waals surface area contributed by atoms with Gasteiger partial charge in [0.15, 0.2) is 0 Å². The summed E-state index contributed by atoms with van der Waals surface area (Å²) in [6.07, 6.45) is 0. The topological polar surface area (TPSA) is 27.1 Å². The van der Waals surface area contributed by atoms with E-state index in [1.54, 1.807) is 23.9 Å². The minimum atomic E-state index is -0.303. The molecule has 0 aliphatic carbocycles. The average molecular weight is 180 g/mol. The molecular weight excluding hydrogens is 171 g/mol. The van der Waals surface area contributed by atoms with Crippen LogP contribution in [0.3, 0.4) is 0 Å². The fourth-order valence-corrected chi connectivity index (χ4v) is 1.38. The minimum Gasteiger partial charge on any atom is -0.479 e. The third-order valence-corrected chi connectivity index (χ3v) is 1.99. The number of benzene rings is 1. The molecule has 0 bridgehead atoms. The first-order chi connectivity index (χ1) is 6.24. The summed E-state index contributed by atoms with van der Waals surface area (Å²) < 4.78 is 19.9. The quantitative estimate of drug-likeness (QED) is 0.668. The molecular formula is C9H9FN2O. The van der Waals surface area contributed by atoms with Gasteiger partial charge < -0.3 is 4.74 Å². The van der Waals surface area contributed by atoms with Gasteiger partial charge in [-0.15, -0.1) is 5.10 Å². The van der Waals surface area contributed by atoms with E-state index in [0.29, 0.717) is 11.3 Å². The third kappa shape index (κ3) is 1.06. The summed E-state index contributed by atoms with van der Waals surface area (Å²) in [5.41, 5.74) is 0.733. The molecule has 0 aliphatic rings. The van der Waals surface area contributed by atoms with Gasteiger partial charge in [-0.25, -0.2) is 4.39 Å². The van der Waals surface area contributed by atoms with Gasteiger partial charge in [0.1, 0.15) is 5.82 Å². The molecule has 0 saturated carbocycles. The predicted octanol–water partition coefficient (Wildman–Crippen LogP) is 1.72. The first-order valence-corrected chi connectivity index (χ1v) is 3.89. The molecule has 68 valence electrons. The molecule has 0 aliphatic heterocycles. The number of nitrogens with zero attached hydrogens (tertiary/aromatic N) is 2. The monoisotopic (exact) mass is 180 g/mol. The number of methoxy groups -OCH3 is 1. The Bertz CT molecular complexity index is 450. The molecule has 1 aromatic heterocycles. The molecule has 0 saturated heterocycles. The molecule has 2 rings (SSSR count). The molecule has 0 radical (unpaired) electrons. The zero-order valence-electron chi connectivity index (χ0n) is 7.41. The average Bonchev–Trinajstić information content (AvgIpc) is 2.45. The Balaban J connectivity index is 2.89. The number of aromatic nitrogens is 2. The van der Waals surface area contributed by atoms with Crippen LogP contribution in [0, 0.1) is 5.82 Å². The van der Waals surface area contributed by atoms with Crippen molar-refractivity contribution in [3.63, 3.8) is 0 Å². The maximum atomic E-state index is 13.3. The SMILES string of the molecule is COc1nn(C)c2cccc(F)c12. The Kier molecular flexibility index (Phi) is 1.69. The Morgan fingerprint density at radius 3 is 2.92 bits per heavy atom. The summed E-state index contributed by atoms with van der Waals surface area (Å²) in [7, 11) is 3.23. The van der Waals surface area contributed by atoms with Crippen LogP contribution in [-0.4, -0.2) is 16.9 Å². The van der Waals surface area contributed by atoms with Crippen LogP contribution in [0.25, 0.3) is 10.9 Å². The third-order valence-electron chi connectivity index (χ3n) is 1.99. The van der Waals surface area contributed by atoms with Crippen LogP contribution >= 0.6 is 0 Å². The highest BCUT2D eigenvalue weighted by Gasteiger charge is 2.12. The van der Waals surface area contributed by atoms with Crippen molar-refractivity contribution in [2.75, 3.05) is 7.11 Å². The molecule has 2 aromatic rings. The van der Waals surface area contributed by atoms with Crippen LogP contribution in [0.4, 0.5) is 4.39 Å². The lowest BCUT2D eigenvalue weighted by Crippen LogP contribution is -1.89. The Hall–Kier alpha value is -1.58. The molecule has 3 nitrogen and oxygen atoms in total. The Morgan fingerprint density at radius 2 is 2.23 bits per heavy atom. The number of rotatable bonds is 1. The van der Waals surface area contributed by atoms with Gasteiger partial charge in [0.25, 0.3) is 0 Å². The van der Waals surface area contributed by atoms with E-state index in [2.05, 4.69) is 5.10 Å². The normalized spacial score (nSPS) is 10.7. The summed E-state index contributed by atoms with van der Waals surface area (Å²) in [5.74, 6) is 0.0260. The fourth-order valence-electron chi connectivity index (χ4n) is 1.38. The van der Waals surface area contributed by atoms with Gasteiger partial charge >= 0.3 is 0 Å². The number of hydrogen-bond donors (Lipinski definition) is 0. The fraction of sp³-hybridized carbons (Fsp3) is 0.222. The van der Waals surface area contributed by atoms with Crippen molar-refractivity contribution >= 4 is 10.9 Å². The van der Waals surface area contributed by atoms with Crippen molar-refractivity contribution in [3.8, 4) is 5.88 Å². The Labute approximate surface area is 74.7 Å². The predicted molar refractivity (Wildman–Crippen MR) is 47.2 cm³/mol. The molecule has 0 N–H and O–H groups in total. The van der Waals surface area contributed by atoms with E-state index in [4.69, 9.17) is 4.74 Å². The zero-order valence-corrected chi connectivity index (χ0v) is 7.41. The zero-order chi connectivity index (χ0) is 9.42. The Morgan fingerprint density at radius 1 is 1.46 bits per heavy atom. The van der Waals surface area contributed by atoms with E-state index < -0.39 is 0 Å². The highest BCUT2D eigenvalue weighted by molar-refractivity contribution is 5.85. The van der Waals surface area contributed by atoms with Crippen LogP contribution in [-0.2, 0) is 7.05 Å². The second-order valence-electron chi connectivity index (χ2n) is 2.77. The van der Waals surface area contributed by atoms with Gasteiger partial charge in [-0.3, -0.25) is 4.68 Å². The highest BCUT2D eigenvalue weighted by atomic mass is 19.1. The number of aryl methyl sites for hydroxylation is 1. The van der Waals surface area contributed by atoms with E-state index in [9.17, 15) is 4.39 Å². The van der Waals surface area contributed by atoms with Gasteiger partial charge in [0, 0.05) is 7.05 Å². The van der Waals surface area contributed by atoms with E-state index in [-0.39, 0.29) is 5.82 Å². The van der Waals surface area contributed by atoms with E-state index in [1.165, 1.54) is 13.2 Å². The summed E-state index contributed by atoms with van der Waals surface area (Å²) in [5, 5.41) is 4.46. The summed E-state index contributed by atoms with van der Waals surface area (Å²) >= 11 is 0. The molecule has 13 heavy (non-hydrogen) atoms. The standard InChI is InChI=1S/C9H9FN2O/c1-12-7-5-3-4-6(10)8(7)9(11-12)13-2/h3-5H,1-2H3. The second-order valence-corrected chi connectivity index (χ2v) is 2.77. The lowest BCUT2D eigenvalue weighted by atomic mass is 10.2. The maximum absolute atomic E-state index is 13.3. The van der Waals surface area contributed by atoms with Gasteiger partial charge in [0.05, 0.1) is 18.0 Å².